The quantitative estimate of drug-likeness (QED) is 0.581. The van der Waals surface area contributed by atoms with Crippen molar-refractivity contribution in [2.75, 3.05) is 53.4 Å². The molecule has 0 aromatic heterocycles. The third kappa shape index (κ3) is 4.04. The number of hydrogen-bond acceptors (Lipinski definition) is 4. The molecule has 1 unspecified atom stereocenters. The molecule has 1 aliphatic heterocycles. The second-order valence-corrected chi connectivity index (χ2v) is 3.82. The number of piperazine rings is 1. The van der Waals surface area contributed by atoms with E-state index in [1.165, 1.54) is 0 Å². The van der Waals surface area contributed by atoms with Crippen LogP contribution in [0.4, 0.5) is 0 Å². The van der Waals surface area contributed by atoms with Crippen molar-refractivity contribution in [3.05, 3.63) is 0 Å². The van der Waals surface area contributed by atoms with Crippen molar-refractivity contribution >= 4 is 0 Å². The molecule has 0 saturated carbocycles. The first-order valence-electron chi connectivity index (χ1n) is 4.96. The average molecular weight is 187 g/mol. The Bertz CT molecular complexity index is 135. The first-order chi connectivity index (χ1) is 6.22. The van der Waals surface area contributed by atoms with Crippen LogP contribution in [-0.2, 0) is 0 Å². The normalized spacial score (nSPS) is 23.3. The predicted molar refractivity (Wildman–Crippen MR) is 53.9 cm³/mol. The van der Waals surface area contributed by atoms with E-state index in [0.29, 0.717) is 6.54 Å². The predicted octanol–water partition coefficient (Wildman–Crippen LogP) is -1.19. The van der Waals surface area contributed by atoms with Crippen molar-refractivity contribution in [3.8, 4) is 0 Å². The molecule has 1 atom stereocenters. The van der Waals surface area contributed by atoms with Gasteiger partial charge in [-0.2, -0.15) is 0 Å². The van der Waals surface area contributed by atoms with Gasteiger partial charge in [-0.05, 0) is 14.1 Å². The molecule has 13 heavy (non-hydrogen) atoms. The number of hydrogen-bond donors (Lipinski definition) is 2. The Morgan fingerprint density at radius 2 is 1.92 bits per heavy atom. The van der Waals surface area contributed by atoms with Crippen LogP contribution in [0.3, 0.4) is 0 Å². The summed E-state index contributed by atoms with van der Waals surface area (Å²) in [5, 5.41) is 12.5. The van der Waals surface area contributed by atoms with E-state index in [0.717, 1.165) is 32.7 Å². The summed E-state index contributed by atoms with van der Waals surface area (Å²) < 4.78 is 0. The van der Waals surface area contributed by atoms with E-state index in [9.17, 15) is 5.11 Å². The maximum atomic E-state index is 9.55. The van der Waals surface area contributed by atoms with Gasteiger partial charge in [0, 0.05) is 39.3 Å². The van der Waals surface area contributed by atoms with Gasteiger partial charge < -0.3 is 15.3 Å². The Morgan fingerprint density at radius 1 is 1.31 bits per heavy atom. The lowest BCUT2D eigenvalue weighted by atomic mass is 10.2. The van der Waals surface area contributed by atoms with E-state index >= 15 is 0 Å². The van der Waals surface area contributed by atoms with Gasteiger partial charge in [0.15, 0.2) is 0 Å². The van der Waals surface area contributed by atoms with Gasteiger partial charge in [-0.25, -0.2) is 0 Å². The Kier molecular flexibility index (Phi) is 4.66. The van der Waals surface area contributed by atoms with Crippen LogP contribution in [0.5, 0.6) is 0 Å². The van der Waals surface area contributed by atoms with E-state index < -0.39 is 0 Å². The molecule has 1 aliphatic rings. The zero-order chi connectivity index (χ0) is 9.68. The maximum Gasteiger partial charge on any atom is 0.0791 e. The lowest BCUT2D eigenvalue weighted by Gasteiger charge is -2.33. The molecule has 0 aromatic carbocycles. The number of aliphatic hydroxyl groups excluding tert-OH is 1. The SMILES string of the molecule is CNCC(O)CN1CCN(C)CC1. The highest BCUT2D eigenvalue weighted by atomic mass is 16.3. The van der Waals surface area contributed by atoms with E-state index in [4.69, 9.17) is 0 Å². The Balaban J connectivity index is 2.14. The fourth-order valence-electron chi connectivity index (χ4n) is 1.63. The largest absolute Gasteiger partial charge is 0.390 e. The number of aliphatic hydroxyl groups is 1. The molecule has 1 heterocycles. The molecule has 0 aliphatic carbocycles. The van der Waals surface area contributed by atoms with Gasteiger partial charge in [-0.1, -0.05) is 0 Å². The summed E-state index contributed by atoms with van der Waals surface area (Å²) in [4.78, 5) is 4.64. The molecule has 1 rings (SSSR count). The van der Waals surface area contributed by atoms with Crippen LogP contribution in [0.1, 0.15) is 0 Å². The van der Waals surface area contributed by atoms with Crippen molar-refractivity contribution in [3.63, 3.8) is 0 Å². The molecule has 0 bridgehead atoms. The third-order valence-corrected chi connectivity index (χ3v) is 2.50. The van der Waals surface area contributed by atoms with E-state index in [1.807, 2.05) is 7.05 Å². The van der Waals surface area contributed by atoms with Crippen LogP contribution >= 0.6 is 0 Å². The molecule has 0 aromatic rings. The summed E-state index contributed by atoms with van der Waals surface area (Å²) in [6.07, 6.45) is -0.228. The molecule has 0 spiro atoms. The second-order valence-electron chi connectivity index (χ2n) is 3.82. The zero-order valence-corrected chi connectivity index (χ0v) is 8.66. The van der Waals surface area contributed by atoms with Gasteiger partial charge in [0.1, 0.15) is 0 Å². The third-order valence-electron chi connectivity index (χ3n) is 2.50. The van der Waals surface area contributed by atoms with Crippen LogP contribution in [0.25, 0.3) is 0 Å². The summed E-state index contributed by atoms with van der Waals surface area (Å²) in [6.45, 7) is 5.88. The standard InChI is InChI=1S/C9H21N3O/c1-10-7-9(13)8-12-5-3-11(2)4-6-12/h9-10,13H,3-8H2,1-2H3. The van der Waals surface area contributed by atoms with Crippen LogP contribution in [0, 0.1) is 0 Å². The summed E-state index contributed by atoms with van der Waals surface area (Å²) >= 11 is 0. The van der Waals surface area contributed by atoms with Gasteiger partial charge in [-0.3, -0.25) is 4.90 Å². The molecule has 1 fully saturated rings. The van der Waals surface area contributed by atoms with Crippen molar-refractivity contribution in [2.24, 2.45) is 0 Å². The van der Waals surface area contributed by atoms with Gasteiger partial charge in [-0.15, -0.1) is 0 Å². The molecule has 4 heteroatoms. The minimum absolute atomic E-state index is 0.228. The fourth-order valence-corrected chi connectivity index (χ4v) is 1.63. The second kappa shape index (κ2) is 5.54. The smallest absolute Gasteiger partial charge is 0.0791 e. The number of β-amino-alcohol motifs (C(OH)–C–C–N with tert-alkyl or cyclic N) is 1. The van der Waals surface area contributed by atoms with Crippen LogP contribution < -0.4 is 5.32 Å². The Labute approximate surface area is 80.5 Å². The summed E-state index contributed by atoms with van der Waals surface area (Å²) in [7, 11) is 4.01. The molecule has 2 N–H and O–H groups in total. The minimum Gasteiger partial charge on any atom is -0.390 e. The number of likely N-dealkylation sites (N-methyl/N-ethyl adjacent to an activating group) is 2. The van der Waals surface area contributed by atoms with Gasteiger partial charge in [0.05, 0.1) is 6.10 Å². The molecule has 78 valence electrons. The zero-order valence-electron chi connectivity index (χ0n) is 8.66. The molecule has 4 nitrogen and oxygen atoms in total. The highest BCUT2D eigenvalue weighted by Gasteiger charge is 2.16. The molecule has 1 saturated heterocycles. The van der Waals surface area contributed by atoms with Gasteiger partial charge in [0.25, 0.3) is 0 Å². The Hall–Kier alpha value is -0.160. The topological polar surface area (TPSA) is 38.7 Å². The summed E-state index contributed by atoms with van der Waals surface area (Å²) in [5.74, 6) is 0. The van der Waals surface area contributed by atoms with Crippen LogP contribution in [0.15, 0.2) is 0 Å². The summed E-state index contributed by atoms with van der Waals surface area (Å²) in [5.41, 5.74) is 0. The average Bonchev–Trinajstić information content (AvgIpc) is 2.09. The molecular weight excluding hydrogens is 166 g/mol. The van der Waals surface area contributed by atoms with Crippen LogP contribution in [0.2, 0.25) is 0 Å². The van der Waals surface area contributed by atoms with Gasteiger partial charge in [0.2, 0.25) is 0 Å². The van der Waals surface area contributed by atoms with E-state index in [2.05, 4.69) is 22.2 Å². The van der Waals surface area contributed by atoms with Crippen molar-refractivity contribution < 1.29 is 5.11 Å². The highest BCUT2D eigenvalue weighted by Crippen LogP contribution is 1.99. The molecule has 0 amide bonds. The lowest BCUT2D eigenvalue weighted by Crippen LogP contribution is -2.48. The first kappa shape index (κ1) is 10.9. The van der Waals surface area contributed by atoms with E-state index in [1.54, 1.807) is 0 Å². The number of rotatable bonds is 4. The Morgan fingerprint density at radius 3 is 2.46 bits per heavy atom. The highest BCUT2D eigenvalue weighted by molar-refractivity contribution is 4.72. The van der Waals surface area contributed by atoms with E-state index in [-0.39, 0.29) is 6.10 Å². The summed E-state index contributed by atoms with van der Waals surface area (Å²) in [6, 6.07) is 0. The lowest BCUT2D eigenvalue weighted by molar-refractivity contribution is 0.0813. The first-order valence-corrected chi connectivity index (χ1v) is 4.96. The van der Waals surface area contributed by atoms with Crippen molar-refractivity contribution in [1.29, 1.82) is 0 Å². The van der Waals surface area contributed by atoms with Crippen molar-refractivity contribution in [1.82, 2.24) is 15.1 Å². The fraction of sp³-hybridized carbons (Fsp3) is 1.00. The number of nitrogens with one attached hydrogen (secondary N) is 1. The molecule has 0 radical (unpaired) electrons. The van der Waals surface area contributed by atoms with Crippen LogP contribution in [-0.4, -0.2) is 74.4 Å². The number of nitrogens with zero attached hydrogens (tertiary/aromatic N) is 2. The monoisotopic (exact) mass is 187 g/mol. The minimum atomic E-state index is -0.228. The maximum absolute atomic E-state index is 9.55. The van der Waals surface area contributed by atoms with Crippen molar-refractivity contribution in [2.45, 2.75) is 6.10 Å². The molecular formula is C9H21N3O. The van der Waals surface area contributed by atoms with Gasteiger partial charge >= 0.3 is 0 Å².